The number of fused-ring (bicyclic) bond motifs is 1. The van der Waals surface area contributed by atoms with E-state index in [-0.39, 0.29) is 0 Å². The zero-order valence-electron chi connectivity index (χ0n) is 8.43. The third kappa shape index (κ3) is 1.43. The lowest BCUT2D eigenvalue weighted by Gasteiger charge is -2.11. The van der Waals surface area contributed by atoms with Gasteiger partial charge in [0.15, 0.2) is 5.58 Å². The molecule has 76 valence electrons. The van der Waals surface area contributed by atoms with Crippen molar-refractivity contribution in [3.8, 4) is 0 Å². The monoisotopic (exact) mass is 217 g/mol. The molecule has 0 N–H and O–H groups in total. The van der Waals surface area contributed by atoms with E-state index in [1.165, 1.54) is 10.3 Å². The van der Waals surface area contributed by atoms with Crippen molar-refractivity contribution in [3.63, 3.8) is 0 Å². The van der Waals surface area contributed by atoms with Crippen LogP contribution >= 0.6 is 11.3 Å². The van der Waals surface area contributed by atoms with E-state index in [9.17, 15) is 0 Å². The van der Waals surface area contributed by atoms with Crippen LogP contribution in [0.25, 0.3) is 15.9 Å². The summed E-state index contributed by atoms with van der Waals surface area (Å²) in [6.45, 7) is 2.22. The van der Waals surface area contributed by atoms with Crippen molar-refractivity contribution in [2.24, 2.45) is 5.92 Å². The molecule has 0 spiro atoms. The third-order valence-corrected chi connectivity index (χ3v) is 3.56. The zero-order valence-corrected chi connectivity index (χ0v) is 9.25. The summed E-state index contributed by atoms with van der Waals surface area (Å²) in [5, 5.41) is 6.19. The van der Waals surface area contributed by atoms with E-state index in [0.29, 0.717) is 5.92 Å². The summed E-state index contributed by atoms with van der Waals surface area (Å²) in [6.07, 6.45) is 7.51. The Labute approximate surface area is 91.9 Å². The lowest BCUT2D eigenvalue weighted by atomic mass is 9.94. The minimum absolute atomic E-state index is 0.594. The standard InChI is InChI=1S/C12H11NOS/c1-8-3-2-4-9(7-8)11-12-10(14-13-11)5-6-15-12/h2-6,8H,7H2,1H3. The van der Waals surface area contributed by atoms with Crippen LogP contribution in [0.3, 0.4) is 0 Å². The van der Waals surface area contributed by atoms with E-state index in [2.05, 4.69) is 30.3 Å². The Morgan fingerprint density at radius 2 is 2.47 bits per heavy atom. The predicted octanol–water partition coefficient (Wildman–Crippen LogP) is 3.87. The molecular formula is C12H11NOS. The highest BCUT2D eigenvalue weighted by Gasteiger charge is 2.16. The van der Waals surface area contributed by atoms with Gasteiger partial charge in [-0.15, -0.1) is 11.3 Å². The second kappa shape index (κ2) is 3.35. The van der Waals surface area contributed by atoms with Gasteiger partial charge in [0.2, 0.25) is 0 Å². The molecule has 0 radical (unpaired) electrons. The third-order valence-electron chi connectivity index (χ3n) is 2.66. The largest absolute Gasteiger partial charge is 0.355 e. The quantitative estimate of drug-likeness (QED) is 0.724. The molecule has 1 aliphatic carbocycles. The fraction of sp³-hybridized carbons (Fsp3) is 0.250. The van der Waals surface area contributed by atoms with Gasteiger partial charge >= 0.3 is 0 Å². The Balaban J connectivity index is 2.11. The first-order chi connectivity index (χ1) is 7.34. The first kappa shape index (κ1) is 8.92. The highest BCUT2D eigenvalue weighted by molar-refractivity contribution is 7.17. The smallest absolute Gasteiger partial charge is 0.178 e. The van der Waals surface area contributed by atoms with Gasteiger partial charge in [-0.1, -0.05) is 30.3 Å². The van der Waals surface area contributed by atoms with Crippen LogP contribution in [0.5, 0.6) is 0 Å². The van der Waals surface area contributed by atoms with Crippen LogP contribution in [0.1, 0.15) is 19.0 Å². The van der Waals surface area contributed by atoms with Gasteiger partial charge in [-0.05, 0) is 29.4 Å². The Morgan fingerprint density at radius 1 is 1.53 bits per heavy atom. The molecule has 0 fully saturated rings. The van der Waals surface area contributed by atoms with Gasteiger partial charge in [0.25, 0.3) is 0 Å². The molecule has 15 heavy (non-hydrogen) atoms. The van der Waals surface area contributed by atoms with Gasteiger partial charge in [-0.25, -0.2) is 0 Å². The highest BCUT2D eigenvalue weighted by atomic mass is 32.1. The predicted molar refractivity (Wildman–Crippen MR) is 62.8 cm³/mol. The Morgan fingerprint density at radius 3 is 3.33 bits per heavy atom. The van der Waals surface area contributed by atoms with Crippen molar-refractivity contribution < 1.29 is 4.52 Å². The summed E-state index contributed by atoms with van der Waals surface area (Å²) >= 11 is 1.69. The lowest BCUT2D eigenvalue weighted by molar-refractivity contribution is 0.453. The van der Waals surface area contributed by atoms with Gasteiger partial charge in [-0.2, -0.15) is 0 Å². The Kier molecular flexibility index (Phi) is 1.99. The number of hydrogen-bond donors (Lipinski definition) is 0. The summed E-state index contributed by atoms with van der Waals surface area (Å²) in [7, 11) is 0. The van der Waals surface area contributed by atoms with Crippen LogP contribution in [0.2, 0.25) is 0 Å². The van der Waals surface area contributed by atoms with Gasteiger partial charge in [0.05, 0.1) is 0 Å². The van der Waals surface area contributed by atoms with Crippen LogP contribution in [0.4, 0.5) is 0 Å². The number of hydrogen-bond acceptors (Lipinski definition) is 3. The molecule has 2 heterocycles. The summed E-state index contributed by atoms with van der Waals surface area (Å²) in [6, 6.07) is 1.97. The molecule has 0 saturated carbocycles. The van der Waals surface area contributed by atoms with E-state index < -0.39 is 0 Å². The molecular weight excluding hydrogens is 206 g/mol. The van der Waals surface area contributed by atoms with Crippen LogP contribution in [-0.4, -0.2) is 5.16 Å². The molecule has 0 aliphatic heterocycles. The Bertz CT molecular complexity index is 547. The number of allylic oxidation sites excluding steroid dienone is 4. The first-order valence-electron chi connectivity index (χ1n) is 5.05. The molecule has 3 heteroatoms. The number of nitrogens with zero attached hydrogens (tertiary/aromatic N) is 1. The maximum absolute atomic E-state index is 5.27. The van der Waals surface area contributed by atoms with Crippen molar-refractivity contribution in [2.45, 2.75) is 13.3 Å². The normalized spacial score (nSPS) is 20.9. The molecule has 0 aromatic carbocycles. The summed E-state index contributed by atoms with van der Waals surface area (Å²) in [5.74, 6) is 0.594. The van der Waals surface area contributed by atoms with Gasteiger partial charge < -0.3 is 4.52 Å². The minimum atomic E-state index is 0.594. The molecule has 0 bridgehead atoms. The number of rotatable bonds is 1. The van der Waals surface area contributed by atoms with Crippen molar-refractivity contribution in [1.82, 2.24) is 5.16 Å². The van der Waals surface area contributed by atoms with Crippen molar-refractivity contribution in [1.29, 1.82) is 0 Å². The van der Waals surface area contributed by atoms with E-state index in [1.54, 1.807) is 11.3 Å². The summed E-state index contributed by atoms with van der Waals surface area (Å²) in [4.78, 5) is 0. The Hall–Kier alpha value is -1.35. The molecule has 1 aliphatic rings. The second-order valence-corrected chi connectivity index (χ2v) is 4.82. The molecule has 2 aromatic rings. The second-order valence-electron chi connectivity index (χ2n) is 3.90. The SMILES string of the molecule is CC1C=CC=C(c2noc3ccsc23)C1. The molecule has 1 unspecified atom stereocenters. The summed E-state index contributed by atoms with van der Waals surface area (Å²) < 4.78 is 6.44. The molecule has 2 aromatic heterocycles. The van der Waals surface area contributed by atoms with E-state index in [0.717, 1.165) is 17.7 Å². The first-order valence-corrected chi connectivity index (χ1v) is 5.93. The maximum atomic E-state index is 5.27. The van der Waals surface area contributed by atoms with Crippen LogP contribution < -0.4 is 0 Å². The van der Waals surface area contributed by atoms with Crippen LogP contribution in [-0.2, 0) is 0 Å². The molecule has 0 amide bonds. The van der Waals surface area contributed by atoms with Crippen molar-refractivity contribution >= 4 is 27.2 Å². The molecule has 1 atom stereocenters. The van der Waals surface area contributed by atoms with E-state index in [4.69, 9.17) is 4.52 Å². The molecule has 0 saturated heterocycles. The number of aromatic nitrogens is 1. The highest BCUT2D eigenvalue weighted by Crippen LogP contribution is 2.33. The van der Waals surface area contributed by atoms with E-state index in [1.807, 2.05) is 11.4 Å². The topological polar surface area (TPSA) is 26.0 Å². The fourth-order valence-electron chi connectivity index (χ4n) is 1.90. The average Bonchev–Trinajstić information content (AvgIpc) is 2.77. The fourth-order valence-corrected chi connectivity index (χ4v) is 2.73. The number of thiophene rings is 1. The maximum Gasteiger partial charge on any atom is 0.178 e. The average molecular weight is 217 g/mol. The zero-order chi connectivity index (χ0) is 10.3. The van der Waals surface area contributed by atoms with Gasteiger partial charge in [-0.3, -0.25) is 0 Å². The van der Waals surface area contributed by atoms with Crippen LogP contribution in [0.15, 0.2) is 34.2 Å². The lowest BCUT2D eigenvalue weighted by Crippen LogP contribution is -1.97. The van der Waals surface area contributed by atoms with Gasteiger partial charge in [0, 0.05) is 0 Å². The van der Waals surface area contributed by atoms with Crippen LogP contribution in [0, 0.1) is 5.92 Å². The summed E-state index contributed by atoms with van der Waals surface area (Å²) in [5.41, 5.74) is 3.21. The van der Waals surface area contributed by atoms with Gasteiger partial charge in [0.1, 0.15) is 10.4 Å². The van der Waals surface area contributed by atoms with E-state index >= 15 is 0 Å². The minimum Gasteiger partial charge on any atom is -0.355 e. The van der Waals surface area contributed by atoms with Crippen molar-refractivity contribution in [2.75, 3.05) is 0 Å². The van der Waals surface area contributed by atoms with Crippen molar-refractivity contribution in [3.05, 3.63) is 35.4 Å². The molecule has 3 rings (SSSR count). The molecule has 2 nitrogen and oxygen atoms in total.